The fourth-order valence-corrected chi connectivity index (χ4v) is 3.85. The number of hydrogen-bond acceptors (Lipinski definition) is 4. The van der Waals surface area contributed by atoms with Gasteiger partial charge in [-0.1, -0.05) is 0 Å². The van der Waals surface area contributed by atoms with Gasteiger partial charge in [-0.15, -0.1) is 11.3 Å². The summed E-state index contributed by atoms with van der Waals surface area (Å²) < 4.78 is 42.8. The standard InChI is InChI=1S/C18H16F3NO3S/c19-18(20,21)8-5-16(24)22-9-6-12-7-10-26-17(12)15(22)11-25-14-3-1-13(23)2-4-14/h1-5,7-8,10,15,23H,6,9,11H2/b8-5+. The number of hydrogen-bond donors (Lipinski definition) is 1. The highest BCUT2D eigenvalue weighted by Crippen LogP contribution is 2.35. The second-order valence-electron chi connectivity index (χ2n) is 5.79. The first-order chi connectivity index (χ1) is 12.3. The van der Waals surface area contributed by atoms with Gasteiger partial charge in [-0.25, -0.2) is 0 Å². The van der Waals surface area contributed by atoms with Gasteiger partial charge >= 0.3 is 6.18 Å². The van der Waals surface area contributed by atoms with Crippen molar-refractivity contribution in [2.24, 2.45) is 0 Å². The van der Waals surface area contributed by atoms with Crippen molar-refractivity contribution in [3.8, 4) is 11.5 Å². The Balaban J connectivity index is 1.78. The molecule has 26 heavy (non-hydrogen) atoms. The smallest absolute Gasteiger partial charge is 0.409 e. The number of allylic oxidation sites excluding steroid dienone is 1. The van der Waals surface area contributed by atoms with Gasteiger partial charge in [0.25, 0.3) is 0 Å². The Bertz CT molecular complexity index is 799. The van der Waals surface area contributed by atoms with E-state index in [4.69, 9.17) is 4.74 Å². The SMILES string of the molecule is O=C(/C=C/C(F)(F)F)N1CCc2ccsc2C1COc1ccc(O)cc1. The molecule has 2 aromatic rings. The molecule has 1 N–H and O–H groups in total. The Hall–Kier alpha value is -2.48. The Morgan fingerprint density at radius 3 is 2.73 bits per heavy atom. The molecule has 4 nitrogen and oxygen atoms in total. The van der Waals surface area contributed by atoms with Crippen LogP contribution < -0.4 is 4.74 Å². The van der Waals surface area contributed by atoms with Crippen LogP contribution in [0.4, 0.5) is 13.2 Å². The molecule has 1 aromatic carbocycles. The van der Waals surface area contributed by atoms with Crippen LogP contribution in [0.15, 0.2) is 47.9 Å². The van der Waals surface area contributed by atoms with Crippen molar-refractivity contribution in [1.82, 2.24) is 4.90 Å². The molecular weight excluding hydrogens is 367 g/mol. The quantitative estimate of drug-likeness (QED) is 0.810. The summed E-state index contributed by atoms with van der Waals surface area (Å²) in [7, 11) is 0. The van der Waals surface area contributed by atoms with Crippen LogP contribution in [0.1, 0.15) is 16.5 Å². The molecule has 1 aliphatic heterocycles. The molecule has 2 heterocycles. The molecule has 1 aromatic heterocycles. The first-order valence-electron chi connectivity index (χ1n) is 7.88. The van der Waals surface area contributed by atoms with Gasteiger partial charge in [-0.05, 0) is 47.7 Å². The van der Waals surface area contributed by atoms with Crippen LogP contribution >= 0.6 is 11.3 Å². The summed E-state index contributed by atoms with van der Waals surface area (Å²) in [5.41, 5.74) is 1.08. The zero-order chi connectivity index (χ0) is 18.7. The number of thiophene rings is 1. The Kier molecular flexibility index (Phi) is 5.22. The summed E-state index contributed by atoms with van der Waals surface area (Å²) in [6, 6.07) is 7.62. The third kappa shape index (κ3) is 4.37. The Morgan fingerprint density at radius 1 is 1.31 bits per heavy atom. The summed E-state index contributed by atoms with van der Waals surface area (Å²) in [5.74, 6) is -0.0879. The van der Waals surface area contributed by atoms with E-state index >= 15 is 0 Å². The predicted octanol–water partition coefficient (Wildman–Crippen LogP) is 4.08. The molecule has 0 radical (unpaired) electrons. The maximum atomic E-state index is 12.4. The minimum atomic E-state index is -4.53. The van der Waals surface area contributed by atoms with Crippen LogP contribution in [-0.2, 0) is 11.2 Å². The molecule has 0 aliphatic carbocycles. The van der Waals surface area contributed by atoms with Crippen molar-refractivity contribution >= 4 is 17.2 Å². The fourth-order valence-electron chi connectivity index (χ4n) is 2.79. The predicted molar refractivity (Wildman–Crippen MR) is 91.3 cm³/mol. The van der Waals surface area contributed by atoms with Gasteiger partial charge in [0, 0.05) is 23.6 Å². The third-order valence-corrected chi connectivity index (χ3v) is 5.08. The summed E-state index contributed by atoms with van der Waals surface area (Å²) in [6.45, 7) is 0.443. The number of carbonyl (C=O) groups is 1. The molecule has 1 unspecified atom stereocenters. The first kappa shape index (κ1) is 18.3. The summed E-state index contributed by atoms with van der Waals surface area (Å²) in [6.07, 6.45) is -3.42. The van der Waals surface area contributed by atoms with Crippen molar-refractivity contribution in [3.05, 3.63) is 58.3 Å². The summed E-state index contributed by atoms with van der Waals surface area (Å²) in [5, 5.41) is 11.2. The third-order valence-electron chi connectivity index (χ3n) is 4.02. The number of amides is 1. The van der Waals surface area contributed by atoms with Gasteiger partial charge in [0.1, 0.15) is 24.1 Å². The highest BCUT2D eigenvalue weighted by Gasteiger charge is 2.32. The number of ether oxygens (including phenoxy) is 1. The number of aromatic hydroxyl groups is 1. The number of phenolic OH excluding ortho intramolecular Hbond substituents is 1. The zero-order valence-corrected chi connectivity index (χ0v) is 14.4. The van der Waals surface area contributed by atoms with Crippen molar-refractivity contribution in [3.63, 3.8) is 0 Å². The van der Waals surface area contributed by atoms with Crippen molar-refractivity contribution < 1.29 is 27.8 Å². The van der Waals surface area contributed by atoms with Crippen LogP contribution in [0.3, 0.4) is 0 Å². The van der Waals surface area contributed by atoms with Crippen LogP contribution in [0.5, 0.6) is 11.5 Å². The second kappa shape index (κ2) is 7.41. The lowest BCUT2D eigenvalue weighted by molar-refractivity contribution is -0.130. The first-order valence-corrected chi connectivity index (χ1v) is 8.76. The number of alkyl halides is 3. The largest absolute Gasteiger partial charge is 0.508 e. The highest BCUT2D eigenvalue weighted by molar-refractivity contribution is 7.10. The second-order valence-corrected chi connectivity index (χ2v) is 6.74. The molecule has 0 saturated heterocycles. The highest BCUT2D eigenvalue weighted by atomic mass is 32.1. The van der Waals surface area contributed by atoms with E-state index < -0.39 is 18.1 Å². The number of nitrogens with zero attached hydrogens (tertiary/aromatic N) is 1. The lowest BCUT2D eigenvalue weighted by Crippen LogP contribution is -2.41. The zero-order valence-electron chi connectivity index (χ0n) is 13.6. The van der Waals surface area contributed by atoms with Crippen LogP contribution in [0.2, 0.25) is 0 Å². The van der Waals surface area contributed by atoms with E-state index in [1.54, 1.807) is 12.1 Å². The van der Waals surface area contributed by atoms with E-state index in [1.807, 2.05) is 11.4 Å². The van der Waals surface area contributed by atoms with E-state index in [0.717, 1.165) is 10.4 Å². The van der Waals surface area contributed by atoms with E-state index in [0.29, 0.717) is 24.8 Å². The van der Waals surface area contributed by atoms with Gasteiger partial charge in [-0.2, -0.15) is 13.2 Å². The summed E-state index contributed by atoms with van der Waals surface area (Å²) in [4.78, 5) is 14.6. The lowest BCUT2D eigenvalue weighted by Gasteiger charge is -2.35. The van der Waals surface area contributed by atoms with Crippen LogP contribution in [-0.4, -0.2) is 35.2 Å². The monoisotopic (exact) mass is 383 g/mol. The van der Waals surface area contributed by atoms with Crippen molar-refractivity contribution in [2.45, 2.75) is 18.6 Å². The Labute approximate surface area is 152 Å². The number of rotatable bonds is 4. The summed E-state index contributed by atoms with van der Waals surface area (Å²) >= 11 is 1.46. The molecule has 0 bridgehead atoms. The molecule has 8 heteroatoms. The minimum Gasteiger partial charge on any atom is -0.508 e. The molecule has 1 atom stereocenters. The average molecular weight is 383 g/mol. The van der Waals surface area contributed by atoms with Gasteiger partial charge in [0.05, 0.1) is 0 Å². The molecular formula is C18H16F3NO3S. The lowest BCUT2D eigenvalue weighted by atomic mass is 10.0. The number of fused-ring (bicyclic) bond motifs is 1. The average Bonchev–Trinajstić information content (AvgIpc) is 3.07. The van der Waals surface area contributed by atoms with Gasteiger partial charge in [-0.3, -0.25) is 4.79 Å². The Morgan fingerprint density at radius 2 is 2.04 bits per heavy atom. The number of benzene rings is 1. The number of phenols is 1. The number of carbonyl (C=O) groups excluding carboxylic acids is 1. The van der Waals surface area contributed by atoms with Gasteiger partial charge in [0.2, 0.25) is 5.91 Å². The van der Waals surface area contributed by atoms with Crippen molar-refractivity contribution in [2.75, 3.05) is 13.2 Å². The molecule has 0 spiro atoms. The molecule has 138 valence electrons. The maximum absolute atomic E-state index is 12.4. The topological polar surface area (TPSA) is 49.8 Å². The van der Waals surface area contributed by atoms with E-state index in [2.05, 4.69) is 0 Å². The van der Waals surface area contributed by atoms with Crippen LogP contribution in [0, 0.1) is 0 Å². The van der Waals surface area contributed by atoms with Gasteiger partial charge in [0.15, 0.2) is 0 Å². The number of halogens is 3. The normalized spacial score (nSPS) is 17.3. The molecule has 0 saturated carbocycles. The van der Waals surface area contributed by atoms with Gasteiger partial charge < -0.3 is 14.7 Å². The van der Waals surface area contributed by atoms with E-state index in [9.17, 15) is 23.1 Å². The molecule has 1 aliphatic rings. The van der Waals surface area contributed by atoms with E-state index in [1.165, 1.54) is 28.4 Å². The molecule has 1 amide bonds. The fraction of sp³-hybridized carbons (Fsp3) is 0.278. The van der Waals surface area contributed by atoms with E-state index in [-0.39, 0.29) is 18.4 Å². The molecule has 3 rings (SSSR count). The van der Waals surface area contributed by atoms with Crippen LogP contribution in [0.25, 0.3) is 0 Å². The molecule has 0 fully saturated rings. The minimum absolute atomic E-state index is 0.0445. The van der Waals surface area contributed by atoms with Crippen molar-refractivity contribution in [1.29, 1.82) is 0 Å². The maximum Gasteiger partial charge on any atom is 0.409 e.